The molecule has 262 valence electrons. The Bertz CT molecular complexity index is 1960. The van der Waals surface area contributed by atoms with E-state index in [2.05, 4.69) is 31.3 Å². The van der Waals surface area contributed by atoms with Gasteiger partial charge in [0.05, 0.1) is 34.6 Å². The topological polar surface area (TPSA) is 98.8 Å². The van der Waals surface area contributed by atoms with Crippen LogP contribution in [0.1, 0.15) is 23.1 Å². The fourth-order valence-corrected chi connectivity index (χ4v) is 5.11. The number of nitrogens with zero attached hydrogens (tertiary/aromatic N) is 4. The van der Waals surface area contributed by atoms with Crippen molar-refractivity contribution in [1.82, 2.24) is 20.6 Å². The minimum Gasteiger partial charge on any atom is -0.365 e. The van der Waals surface area contributed by atoms with E-state index in [0.717, 1.165) is 35.2 Å². The highest BCUT2D eigenvalue weighted by molar-refractivity contribution is 6.03. The summed E-state index contributed by atoms with van der Waals surface area (Å²) in [7, 11) is 0. The molecule has 5 aromatic rings. The van der Waals surface area contributed by atoms with Crippen LogP contribution in [-0.4, -0.2) is 39.4 Å². The van der Waals surface area contributed by atoms with Gasteiger partial charge >= 0.3 is 24.6 Å². The predicted octanol–water partition coefficient (Wildman–Crippen LogP) is 9.31. The predicted molar refractivity (Wildman–Crippen MR) is 162 cm³/mol. The molecule has 0 saturated heterocycles. The number of H-pyrrole nitrogens is 1. The lowest BCUT2D eigenvalue weighted by Crippen LogP contribution is -2.30. The van der Waals surface area contributed by atoms with E-state index in [-0.39, 0.29) is 23.3 Å². The summed E-state index contributed by atoms with van der Waals surface area (Å²) in [5.74, 6) is -1.02. The molecule has 0 spiro atoms. The summed E-state index contributed by atoms with van der Waals surface area (Å²) in [6, 6.07) is 14.9. The molecule has 0 aliphatic carbocycles. The fraction of sp³-hybridized carbons (Fsp3) is 0.188. The van der Waals surface area contributed by atoms with Gasteiger partial charge in [0.2, 0.25) is 0 Å². The van der Waals surface area contributed by atoms with Crippen LogP contribution in [0.4, 0.5) is 65.8 Å². The maximum Gasteiger partial charge on any atom is 0.418 e. The van der Waals surface area contributed by atoms with Crippen LogP contribution in [0.3, 0.4) is 0 Å². The summed E-state index contributed by atoms with van der Waals surface area (Å²) in [5, 5.41) is 17.9. The van der Waals surface area contributed by atoms with Crippen LogP contribution in [0.5, 0.6) is 0 Å². The first-order valence-corrected chi connectivity index (χ1v) is 14.4. The average Bonchev–Trinajstić information content (AvgIpc) is 3.58. The Labute approximate surface area is 276 Å². The zero-order valence-electron chi connectivity index (χ0n) is 25.2. The zero-order valence-corrected chi connectivity index (χ0v) is 25.2. The summed E-state index contributed by atoms with van der Waals surface area (Å²) in [4.78, 5) is 14.1. The Morgan fingerprint density at radius 2 is 1.40 bits per heavy atom. The molecule has 1 aromatic heterocycles. The molecule has 8 nitrogen and oxygen atoms in total. The number of rotatable bonds is 9. The second-order valence-electron chi connectivity index (χ2n) is 10.7. The molecule has 0 aliphatic rings. The molecular weight excluding hydrogens is 688 g/mol. The molecule has 0 radical (unpaired) electrons. The molecule has 0 saturated carbocycles. The standard InChI is InChI=1S/C32H23F10N7O/c33-20-11-9-19(24(16-20)32(40,41)42)17-49(14-13-30(34,35)36)27-12-10-18(21-5-1-2-6-22(21)28-45-47-48-46-28)15-26(27)44-29(50)43-25-8-4-3-7-23(25)31(37,38)39/h1-12,15-16H,13-14,17H2,(H2,43,44,50)(H,45,46,47,48). The summed E-state index contributed by atoms with van der Waals surface area (Å²) >= 11 is 0. The first kappa shape index (κ1) is 35.6. The molecule has 0 fully saturated rings. The molecule has 5 rings (SSSR count). The highest BCUT2D eigenvalue weighted by Gasteiger charge is 2.36. The van der Waals surface area contributed by atoms with Crippen LogP contribution in [0.15, 0.2) is 84.9 Å². The van der Waals surface area contributed by atoms with Crippen LogP contribution in [0, 0.1) is 5.82 Å². The molecule has 0 aliphatic heterocycles. The lowest BCUT2D eigenvalue weighted by molar-refractivity contribution is -0.139. The van der Waals surface area contributed by atoms with Crippen LogP contribution < -0.4 is 15.5 Å². The van der Waals surface area contributed by atoms with Gasteiger partial charge < -0.3 is 15.5 Å². The van der Waals surface area contributed by atoms with Crippen molar-refractivity contribution in [3.05, 3.63) is 107 Å². The average molecular weight is 712 g/mol. The van der Waals surface area contributed by atoms with Gasteiger partial charge in [-0.1, -0.05) is 48.5 Å². The first-order valence-electron chi connectivity index (χ1n) is 14.4. The first-order chi connectivity index (χ1) is 23.5. The number of hydrogen-bond donors (Lipinski definition) is 3. The molecule has 3 N–H and O–H groups in total. The quantitative estimate of drug-likeness (QED) is 0.133. The number of nitrogens with one attached hydrogen (secondary N) is 3. The largest absolute Gasteiger partial charge is 0.418 e. The molecule has 18 heteroatoms. The van der Waals surface area contributed by atoms with E-state index in [1.807, 2.05) is 0 Å². The molecule has 50 heavy (non-hydrogen) atoms. The Morgan fingerprint density at radius 3 is 2.06 bits per heavy atom. The number of tetrazole rings is 1. The number of halogens is 10. The smallest absolute Gasteiger partial charge is 0.365 e. The minimum absolute atomic E-state index is 0.209. The maximum atomic E-state index is 13.9. The van der Waals surface area contributed by atoms with E-state index in [1.54, 1.807) is 24.3 Å². The maximum absolute atomic E-state index is 13.9. The van der Waals surface area contributed by atoms with Gasteiger partial charge in [-0.2, -0.15) is 39.5 Å². The molecule has 0 atom stereocenters. The SMILES string of the molecule is O=C(Nc1cc(-c2ccccc2-c2nnn[nH]2)ccc1N(CCC(F)(F)F)Cc1ccc(F)cc1C(F)(F)F)Nc1ccccc1C(F)(F)F. The number of anilines is 3. The van der Waals surface area contributed by atoms with E-state index < -0.39 is 72.3 Å². The molecule has 2 amide bonds. The van der Waals surface area contributed by atoms with Gasteiger partial charge in [0.1, 0.15) is 5.82 Å². The van der Waals surface area contributed by atoms with E-state index in [9.17, 15) is 48.7 Å². The molecule has 1 heterocycles. The number of carbonyl (C=O) groups is 1. The van der Waals surface area contributed by atoms with Crippen molar-refractivity contribution in [3.63, 3.8) is 0 Å². The van der Waals surface area contributed by atoms with Crippen molar-refractivity contribution < 1.29 is 48.7 Å². The highest BCUT2D eigenvalue weighted by atomic mass is 19.4. The van der Waals surface area contributed by atoms with Gasteiger partial charge in [0, 0.05) is 18.7 Å². The lowest BCUT2D eigenvalue weighted by atomic mass is 9.98. The number of para-hydroxylation sites is 1. The summed E-state index contributed by atoms with van der Waals surface area (Å²) in [5.41, 5.74) is -3.19. The minimum atomic E-state index is -5.08. The molecule has 0 bridgehead atoms. The zero-order chi connectivity index (χ0) is 36.3. The molecule has 0 unspecified atom stereocenters. The van der Waals surface area contributed by atoms with Crippen LogP contribution in [0.2, 0.25) is 0 Å². The Balaban J connectivity index is 1.62. The second kappa shape index (κ2) is 14.0. The van der Waals surface area contributed by atoms with Crippen molar-refractivity contribution >= 4 is 23.1 Å². The van der Waals surface area contributed by atoms with E-state index in [1.165, 1.54) is 24.3 Å². The van der Waals surface area contributed by atoms with Gasteiger partial charge in [-0.3, -0.25) is 0 Å². The van der Waals surface area contributed by atoms with Gasteiger partial charge in [0.25, 0.3) is 0 Å². The third kappa shape index (κ3) is 8.66. The molecule has 4 aromatic carbocycles. The summed E-state index contributed by atoms with van der Waals surface area (Å²) in [6.07, 6.45) is -16.2. The number of aromatic nitrogens is 4. The van der Waals surface area contributed by atoms with Crippen LogP contribution in [0.25, 0.3) is 22.5 Å². The van der Waals surface area contributed by atoms with Gasteiger partial charge in [-0.05, 0) is 63.5 Å². The second-order valence-corrected chi connectivity index (χ2v) is 10.7. The van der Waals surface area contributed by atoms with Crippen molar-refractivity contribution in [2.24, 2.45) is 0 Å². The number of hydrogen-bond acceptors (Lipinski definition) is 5. The Morgan fingerprint density at radius 1 is 0.740 bits per heavy atom. The number of alkyl halides is 9. The highest BCUT2D eigenvalue weighted by Crippen LogP contribution is 2.39. The normalized spacial score (nSPS) is 12.1. The Hall–Kier alpha value is -5.68. The van der Waals surface area contributed by atoms with Crippen molar-refractivity contribution in [2.75, 3.05) is 22.1 Å². The van der Waals surface area contributed by atoms with Crippen LogP contribution in [-0.2, 0) is 18.9 Å². The third-order valence-corrected chi connectivity index (χ3v) is 7.31. The number of benzene rings is 4. The number of aromatic amines is 1. The lowest BCUT2D eigenvalue weighted by Gasteiger charge is -2.29. The number of carbonyl (C=O) groups excluding carboxylic acids is 1. The van der Waals surface area contributed by atoms with Gasteiger partial charge in [0.15, 0.2) is 5.82 Å². The van der Waals surface area contributed by atoms with E-state index >= 15 is 0 Å². The van der Waals surface area contributed by atoms with E-state index in [0.29, 0.717) is 16.7 Å². The van der Waals surface area contributed by atoms with Crippen molar-refractivity contribution in [3.8, 4) is 22.5 Å². The van der Waals surface area contributed by atoms with Crippen molar-refractivity contribution in [1.29, 1.82) is 0 Å². The monoisotopic (exact) mass is 711 g/mol. The van der Waals surface area contributed by atoms with Gasteiger partial charge in [-0.15, -0.1) is 5.10 Å². The van der Waals surface area contributed by atoms with Crippen LogP contribution >= 0.6 is 0 Å². The fourth-order valence-electron chi connectivity index (χ4n) is 5.11. The van der Waals surface area contributed by atoms with Crippen molar-refractivity contribution in [2.45, 2.75) is 31.5 Å². The van der Waals surface area contributed by atoms with Gasteiger partial charge in [-0.25, -0.2) is 14.3 Å². The summed E-state index contributed by atoms with van der Waals surface area (Å²) < 4.78 is 137. The third-order valence-electron chi connectivity index (χ3n) is 7.31. The molecular formula is C32H23F10N7O. The summed E-state index contributed by atoms with van der Waals surface area (Å²) in [6.45, 7) is -1.76. The number of amides is 2. The number of urea groups is 1. The Kier molecular flexibility index (Phi) is 10.0. The van der Waals surface area contributed by atoms with E-state index in [4.69, 9.17) is 0 Å².